The standard InChI is InChI=1S/C15H28N4O/c1-10-11(16)18-13(14(2,3)4)19-12(10)17-9-15(5,6)7-8-20/h20H,7-9H2,1-6H3,(H3,16,17,18,19). The van der Waals surface area contributed by atoms with Gasteiger partial charge in [0.25, 0.3) is 0 Å². The number of aliphatic hydroxyl groups is 1. The van der Waals surface area contributed by atoms with Gasteiger partial charge in [0.1, 0.15) is 17.5 Å². The Bertz CT molecular complexity index is 464. The van der Waals surface area contributed by atoms with Crippen LogP contribution >= 0.6 is 0 Å². The highest BCUT2D eigenvalue weighted by molar-refractivity contribution is 5.55. The molecule has 0 spiro atoms. The predicted molar refractivity (Wildman–Crippen MR) is 83.9 cm³/mol. The molecule has 0 aliphatic rings. The zero-order valence-electron chi connectivity index (χ0n) is 13.5. The largest absolute Gasteiger partial charge is 0.396 e. The maximum absolute atomic E-state index is 9.08. The van der Waals surface area contributed by atoms with Gasteiger partial charge in [-0.15, -0.1) is 0 Å². The van der Waals surface area contributed by atoms with Crippen molar-refractivity contribution in [3.8, 4) is 0 Å². The van der Waals surface area contributed by atoms with E-state index in [9.17, 15) is 0 Å². The number of nitrogen functional groups attached to an aromatic ring is 1. The molecule has 1 rings (SSSR count). The van der Waals surface area contributed by atoms with Crippen molar-refractivity contribution < 1.29 is 5.11 Å². The van der Waals surface area contributed by atoms with Crippen LogP contribution < -0.4 is 11.1 Å². The first kappa shape index (κ1) is 16.7. The van der Waals surface area contributed by atoms with Crippen molar-refractivity contribution in [1.82, 2.24) is 9.97 Å². The van der Waals surface area contributed by atoms with Crippen molar-refractivity contribution in [1.29, 1.82) is 0 Å². The summed E-state index contributed by atoms with van der Waals surface area (Å²) in [4.78, 5) is 8.97. The number of aromatic nitrogens is 2. The lowest BCUT2D eigenvalue weighted by molar-refractivity contribution is 0.220. The van der Waals surface area contributed by atoms with Gasteiger partial charge in [-0.05, 0) is 18.8 Å². The van der Waals surface area contributed by atoms with Gasteiger partial charge >= 0.3 is 0 Å². The molecule has 1 heterocycles. The normalized spacial score (nSPS) is 12.6. The van der Waals surface area contributed by atoms with E-state index in [4.69, 9.17) is 10.8 Å². The first-order chi connectivity index (χ1) is 9.07. The molecule has 5 heteroatoms. The van der Waals surface area contributed by atoms with Crippen molar-refractivity contribution >= 4 is 11.6 Å². The summed E-state index contributed by atoms with van der Waals surface area (Å²) < 4.78 is 0. The van der Waals surface area contributed by atoms with E-state index >= 15 is 0 Å². The first-order valence-corrected chi connectivity index (χ1v) is 7.06. The Hall–Kier alpha value is -1.36. The highest BCUT2D eigenvalue weighted by Crippen LogP contribution is 2.26. The third-order valence-corrected chi connectivity index (χ3v) is 3.38. The van der Waals surface area contributed by atoms with Crippen LogP contribution in [0.15, 0.2) is 0 Å². The molecule has 1 aromatic rings. The van der Waals surface area contributed by atoms with Crippen molar-refractivity contribution in [2.75, 3.05) is 24.2 Å². The van der Waals surface area contributed by atoms with E-state index in [2.05, 4.69) is 49.9 Å². The quantitative estimate of drug-likeness (QED) is 0.771. The Morgan fingerprint density at radius 1 is 1.15 bits per heavy atom. The van der Waals surface area contributed by atoms with Crippen molar-refractivity contribution in [3.63, 3.8) is 0 Å². The van der Waals surface area contributed by atoms with E-state index in [1.54, 1.807) is 0 Å². The van der Waals surface area contributed by atoms with Crippen LogP contribution in [0.2, 0.25) is 0 Å². The molecule has 20 heavy (non-hydrogen) atoms. The number of hydrogen-bond donors (Lipinski definition) is 3. The van der Waals surface area contributed by atoms with Crippen LogP contribution in [0.5, 0.6) is 0 Å². The molecule has 5 nitrogen and oxygen atoms in total. The number of nitrogens with two attached hydrogens (primary N) is 1. The van der Waals surface area contributed by atoms with Crippen LogP contribution in [0.25, 0.3) is 0 Å². The molecule has 0 amide bonds. The fraction of sp³-hybridized carbons (Fsp3) is 0.733. The predicted octanol–water partition coefficient (Wildman–Crippen LogP) is 2.49. The molecule has 114 valence electrons. The zero-order chi connectivity index (χ0) is 15.6. The van der Waals surface area contributed by atoms with E-state index in [0.29, 0.717) is 5.82 Å². The summed E-state index contributed by atoms with van der Waals surface area (Å²) in [5.41, 5.74) is 6.72. The average Bonchev–Trinajstić information content (AvgIpc) is 2.29. The molecule has 0 fully saturated rings. The minimum absolute atomic E-state index is 0.00278. The van der Waals surface area contributed by atoms with Gasteiger partial charge in [-0.2, -0.15) is 0 Å². The van der Waals surface area contributed by atoms with Gasteiger partial charge in [0.15, 0.2) is 0 Å². The third kappa shape index (κ3) is 4.34. The summed E-state index contributed by atoms with van der Waals surface area (Å²) in [5, 5.41) is 12.4. The minimum atomic E-state index is -0.140. The molecule has 0 aromatic carbocycles. The molecule has 0 bridgehead atoms. The number of anilines is 2. The van der Waals surface area contributed by atoms with Gasteiger partial charge in [-0.1, -0.05) is 34.6 Å². The van der Waals surface area contributed by atoms with E-state index in [1.165, 1.54) is 0 Å². The third-order valence-electron chi connectivity index (χ3n) is 3.38. The smallest absolute Gasteiger partial charge is 0.138 e. The lowest BCUT2D eigenvalue weighted by Crippen LogP contribution is -2.26. The Labute approximate surface area is 122 Å². The minimum Gasteiger partial charge on any atom is -0.396 e. The van der Waals surface area contributed by atoms with E-state index in [-0.39, 0.29) is 17.4 Å². The molecule has 4 N–H and O–H groups in total. The lowest BCUT2D eigenvalue weighted by Gasteiger charge is -2.26. The highest BCUT2D eigenvalue weighted by atomic mass is 16.3. The Morgan fingerprint density at radius 2 is 1.75 bits per heavy atom. The summed E-state index contributed by atoms with van der Waals surface area (Å²) in [7, 11) is 0. The van der Waals surface area contributed by atoms with Crippen molar-refractivity contribution in [2.45, 2.75) is 53.4 Å². The fourth-order valence-electron chi connectivity index (χ4n) is 1.76. The summed E-state index contributed by atoms with van der Waals surface area (Å²) in [5.74, 6) is 2.05. The number of nitrogens with zero attached hydrogens (tertiary/aromatic N) is 2. The van der Waals surface area contributed by atoms with Crippen LogP contribution in [-0.2, 0) is 5.41 Å². The molecule has 1 aromatic heterocycles. The second kappa shape index (κ2) is 5.95. The van der Waals surface area contributed by atoms with Crippen LogP contribution in [-0.4, -0.2) is 28.2 Å². The Kier molecular flexibility index (Phi) is 4.97. The summed E-state index contributed by atoms with van der Waals surface area (Å²) in [6.07, 6.45) is 0.742. The van der Waals surface area contributed by atoms with Crippen molar-refractivity contribution in [2.24, 2.45) is 5.41 Å². The number of nitrogens with one attached hydrogen (secondary N) is 1. The van der Waals surface area contributed by atoms with Gasteiger partial charge in [0, 0.05) is 24.1 Å². The molecule has 0 aliphatic heterocycles. The van der Waals surface area contributed by atoms with Crippen LogP contribution in [0, 0.1) is 12.3 Å². The topological polar surface area (TPSA) is 84.1 Å². The second-order valence-corrected chi connectivity index (χ2v) is 7.15. The van der Waals surface area contributed by atoms with Gasteiger partial charge < -0.3 is 16.2 Å². The average molecular weight is 280 g/mol. The Balaban J connectivity index is 2.98. The summed E-state index contributed by atoms with van der Waals surface area (Å²) >= 11 is 0. The van der Waals surface area contributed by atoms with Gasteiger partial charge in [0.2, 0.25) is 0 Å². The molecule has 0 saturated heterocycles. The number of aliphatic hydroxyl groups excluding tert-OH is 1. The molecular weight excluding hydrogens is 252 g/mol. The maximum atomic E-state index is 9.08. The molecule has 0 radical (unpaired) electrons. The van der Waals surface area contributed by atoms with E-state index in [0.717, 1.165) is 30.2 Å². The van der Waals surface area contributed by atoms with E-state index in [1.807, 2.05) is 6.92 Å². The monoisotopic (exact) mass is 280 g/mol. The lowest BCUT2D eigenvalue weighted by atomic mass is 9.90. The molecule has 0 aliphatic carbocycles. The first-order valence-electron chi connectivity index (χ1n) is 7.06. The maximum Gasteiger partial charge on any atom is 0.138 e. The zero-order valence-corrected chi connectivity index (χ0v) is 13.5. The highest BCUT2D eigenvalue weighted by Gasteiger charge is 2.22. The molecule has 0 unspecified atom stereocenters. The molecule has 0 saturated carbocycles. The Morgan fingerprint density at radius 3 is 2.25 bits per heavy atom. The fourth-order valence-corrected chi connectivity index (χ4v) is 1.76. The molecule has 0 atom stereocenters. The van der Waals surface area contributed by atoms with Gasteiger partial charge in [-0.25, -0.2) is 9.97 Å². The summed E-state index contributed by atoms with van der Waals surface area (Å²) in [6.45, 7) is 13.3. The summed E-state index contributed by atoms with van der Waals surface area (Å²) in [6, 6.07) is 0. The van der Waals surface area contributed by atoms with Crippen LogP contribution in [0.4, 0.5) is 11.6 Å². The van der Waals surface area contributed by atoms with Crippen LogP contribution in [0.3, 0.4) is 0 Å². The van der Waals surface area contributed by atoms with Crippen LogP contribution in [0.1, 0.15) is 52.4 Å². The SMILES string of the molecule is Cc1c(N)nc(C(C)(C)C)nc1NCC(C)(C)CCO. The molecular formula is C15H28N4O. The second-order valence-electron chi connectivity index (χ2n) is 7.15. The number of hydrogen-bond acceptors (Lipinski definition) is 5. The van der Waals surface area contributed by atoms with Gasteiger partial charge in [-0.3, -0.25) is 0 Å². The van der Waals surface area contributed by atoms with Gasteiger partial charge in [0.05, 0.1) is 0 Å². The van der Waals surface area contributed by atoms with Crippen molar-refractivity contribution in [3.05, 3.63) is 11.4 Å². The van der Waals surface area contributed by atoms with E-state index < -0.39 is 0 Å². The number of rotatable bonds is 5.